The van der Waals surface area contributed by atoms with Crippen molar-refractivity contribution in [2.45, 2.75) is 13.8 Å². The molecule has 0 aliphatic rings. The first kappa shape index (κ1) is 28.3. The molecule has 0 nitrogen and oxygen atoms in total. The quantitative estimate of drug-likeness (QED) is 0.174. The summed E-state index contributed by atoms with van der Waals surface area (Å²) >= 11 is 0. The van der Waals surface area contributed by atoms with E-state index in [0.717, 1.165) is 0 Å². The summed E-state index contributed by atoms with van der Waals surface area (Å²) < 4.78 is 0. The number of hydrogen-bond acceptors (Lipinski definition) is 0. The van der Waals surface area contributed by atoms with Crippen molar-refractivity contribution < 1.29 is 0 Å². The van der Waals surface area contributed by atoms with Gasteiger partial charge in [-0.25, -0.2) is 0 Å². The van der Waals surface area contributed by atoms with Crippen molar-refractivity contribution in [3.8, 4) is 44.5 Å². The minimum absolute atomic E-state index is 1.23. The van der Waals surface area contributed by atoms with Gasteiger partial charge in [0.15, 0.2) is 0 Å². The second kappa shape index (κ2) is 11.4. The van der Waals surface area contributed by atoms with Gasteiger partial charge in [-0.2, -0.15) is 0 Å². The number of aryl methyl sites for hydroxylation is 2. The van der Waals surface area contributed by atoms with E-state index in [1.807, 2.05) is 0 Å². The van der Waals surface area contributed by atoms with E-state index >= 15 is 0 Å². The molecule has 226 valence electrons. The smallest absolute Gasteiger partial charge is 0.00262 e. The van der Waals surface area contributed by atoms with Crippen LogP contribution in [0.25, 0.3) is 87.6 Å². The lowest BCUT2D eigenvalue weighted by Gasteiger charge is -2.20. The maximum atomic E-state index is 2.42. The van der Waals surface area contributed by atoms with Crippen LogP contribution in [0.4, 0.5) is 0 Å². The Bertz CT molecular complexity index is 2360. The highest BCUT2D eigenvalue weighted by Crippen LogP contribution is 2.47. The average Bonchev–Trinajstić information content (AvgIpc) is 3.14. The lowest BCUT2D eigenvalue weighted by Crippen LogP contribution is -1.93. The standard InChI is InChI=1S/C48H34/c1-31-22-26-33(27-23-31)45-37-14-3-7-18-41(37)47(42-19-8-4-15-38(42)45)35-12-11-13-36(30-35)48-43-20-9-5-16-39(43)46(34-28-24-32(2)25-29-34)40-17-6-10-21-44(40)48/h3-30H,1-2H3. The third kappa shape index (κ3) is 4.53. The van der Waals surface area contributed by atoms with Crippen molar-refractivity contribution in [3.63, 3.8) is 0 Å². The molecule has 9 aromatic rings. The van der Waals surface area contributed by atoms with Crippen LogP contribution in [0.15, 0.2) is 170 Å². The molecule has 48 heavy (non-hydrogen) atoms. The summed E-state index contributed by atoms with van der Waals surface area (Å²) in [6.07, 6.45) is 0. The highest BCUT2D eigenvalue weighted by molar-refractivity contribution is 6.23. The minimum atomic E-state index is 1.23. The van der Waals surface area contributed by atoms with Gasteiger partial charge in [0.2, 0.25) is 0 Å². The summed E-state index contributed by atoms with van der Waals surface area (Å²) in [4.78, 5) is 0. The summed E-state index contributed by atoms with van der Waals surface area (Å²) in [5, 5.41) is 10.2. The topological polar surface area (TPSA) is 0 Å². The molecule has 0 N–H and O–H groups in total. The molecule has 0 radical (unpaired) electrons. The Balaban J connectivity index is 1.34. The highest BCUT2D eigenvalue weighted by Gasteiger charge is 2.19. The SMILES string of the molecule is Cc1ccc(-c2c3ccccc3c(-c3cccc(-c4c5ccccc5c(-c5ccc(C)cc5)c5ccccc45)c3)c3ccccc23)cc1. The third-order valence-electron chi connectivity index (χ3n) is 9.98. The van der Waals surface area contributed by atoms with Gasteiger partial charge in [0.05, 0.1) is 0 Å². The van der Waals surface area contributed by atoms with Crippen LogP contribution < -0.4 is 0 Å². The summed E-state index contributed by atoms with van der Waals surface area (Å²) in [7, 11) is 0. The van der Waals surface area contributed by atoms with E-state index in [9.17, 15) is 0 Å². The molecule has 0 heteroatoms. The summed E-state index contributed by atoms with van der Waals surface area (Å²) in [6.45, 7) is 4.30. The van der Waals surface area contributed by atoms with E-state index in [1.165, 1.54) is 98.7 Å². The van der Waals surface area contributed by atoms with Gasteiger partial charge in [-0.15, -0.1) is 0 Å². The molecule has 0 amide bonds. The van der Waals surface area contributed by atoms with Crippen LogP contribution in [0.3, 0.4) is 0 Å². The Kier molecular flexibility index (Phi) is 6.69. The molecule has 0 bridgehead atoms. The second-order valence-electron chi connectivity index (χ2n) is 13.0. The Morgan fingerprint density at radius 1 is 0.229 bits per heavy atom. The fraction of sp³-hybridized carbons (Fsp3) is 0.0417. The molecule has 0 unspecified atom stereocenters. The first-order valence-electron chi connectivity index (χ1n) is 16.8. The minimum Gasteiger partial charge on any atom is -0.0616 e. The van der Waals surface area contributed by atoms with Gasteiger partial charge in [0.25, 0.3) is 0 Å². The zero-order valence-electron chi connectivity index (χ0n) is 27.2. The van der Waals surface area contributed by atoms with Crippen molar-refractivity contribution >= 4 is 43.1 Å². The van der Waals surface area contributed by atoms with Gasteiger partial charge < -0.3 is 0 Å². The second-order valence-corrected chi connectivity index (χ2v) is 13.0. The Labute approximate surface area is 281 Å². The van der Waals surface area contributed by atoms with Crippen molar-refractivity contribution in [3.05, 3.63) is 181 Å². The zero-order valence-corrected chi connectivity index (χ0v) is 27.2. The first-order chi connectivity index (χ1) is 23.7. The van der Waals surface area contributed by atoms with Gasteiger partial charge in [0.1, 0.15) is 0 Å². The third-order valence-corrected chi connectivity index (χ3v) is 9.98. The van der Waals surface area contributed by atoms with Crippen LogP contribution >= 0.6 is 0 Å². The molecule has 0 fully saturated rings. The van der Waals surface area contributed by atoms with E-state index in [1.54, 1.807) is 0 Å². The predicted molar refractivity (Wildman–Crippen MR) is 208 cm³/mol. The van der Waals surface area contributed by atoms with Crippen molar-refractivity contribution in [1.82, 2.24) is 0 Å². The van der Waals surface area contributed by atoms with E-state index in [2.05, 4.69) is 184 Å². The van der Waals surface area contributed by atoms with Crippen molar-refractivity contribution in [2.24, 2.45) is 0 Å². The molecular formula is C48H34. The normalized spacial score (nSPS) is 11.5. The average molecular weight is 611 g/mol. The van der Waals surface area contributed by atoms with Gasteiger partial charge >= 0.3 is 0 Å². The van der Waals surface area contributed by atoms with Crippen LogP contribution in [0.2, 0.25) is 0 Å². The molecule has 0 heterocycles. The van der Waals surface area contributed by atoms with E-state index in [0.29, 0.717) is 0 Å². The largest absolute Gasteiger partial charge is 0.0616 e. The van der Waals surface area contributed by atoms with Crippen LogP contribution in [0, 0.1) is 13.8 Å². The highest BCUT2D eigenvalue weighted by atomic mass is 14.2. The van der Waals surface area contributed by atoms with Crippen LogP contribution in [0.5, 0.6) is 0 Å². The van der Waals surface area contributed by atoms with E-state index < -0.39 is 0 Å². The van der Waals surface area contributed by atoms with E-state index in [4.69, 9.17) is 0 Å². The Morgan fingerprint density at radius 3 is 0.750 bits per heavy atom. The predicted octanol–water partition coefficient (Wildman–Crippen LogP) is 13.6. The van der Waals surface area contributed by atoms with Crippen LogP contribution in [-0.4, -0.2) is 0 Å². The van der Waals surface area contributed by atoms with E-state index in [-0.39, 0.29) is 0 Å². The maximum absolute atomic E-state index is 2.42. The molecule has 0 atom stereocenters. The first-order valence-corrected chi connectivity index (χ1v) is 16.8. The zero-order chi connectivity index (χ0) is 32.2. The molecule has 0 aromatic heterocycles. The molecule has 9 rings (SSSR count). The summed E-state index contributed by atoms with van der Waals surface area (Å²) in [6, 6.07) is 62.9. The van der Waals surface area contributed by atoms with Crippen LogP contribution in [0.1, 0.15) is 11.1 Å². The molecule has 0 spiro atoms. The molecule has 9 aromatic carbocycles. The number of hydrogen-bond donors (Lipinski definition) is 0. The van der Waals surface area contributed by atoms with Gasteiger partial charge in [-0.3, -0.25) is 0 Å². The lowest BCUT2D eigenvalue weighted by molar-refractivity contribution is 1.47. The fourth-order valence-electron chi connectivity index (χ4n) is 7.77. The Morgan fingerprint density at radius 2 is 0.479 bits per heavy atom. The fourth-order valence-corrected chi connectivity index (χ4v) is 7.77. The molecule has 0 aliphatic carbocycles. The van der Waals surface area contributed by atoms with Crippen molar-refractivity contribution in [2.75, 3.05) is 0 Å². The summed E-state index contributed by atoms with van der Waals surface area (Å²) in [5.74, 6) is 0. The Hall–Kier alpha value is -5.98. The molecular weight excluding hydrogens is 577 g/mol. The maximum Gasteiger partial charge on any atom is -0.00262 e. The molecule has 0 saturated carbocycles. The van der Waals surface area contributed by atoms with Gasteiger partial charge in [-0.05, 0) is 108 Å². The number of rotatable bonds is 4. The van der Waals surface area contributed by atoms with Gasteiger partial charge in [0, 0.05) is 0 Å². The molecule has 0 aliphatic heterocycles. The van der Waals surface area contributed by atoms with Crippen LogP contribution in [-0.2, 0) is 0 Å². The molecule has 0 saturated heterocycles. The van der Waals surface area contributed by atoms with Crippen molar-refractivity contribution in [1.29, 1.82) is 0 Å². The monoisotopic (exact) mass is 610 g/mol. The van der Waals surface area contributed by atoms with Gasteiger partial charge in [-0.1, -0.05) is 175 Å². The number of benzene rings is 9. The summed E-state index contributed by atoms with van der Waals surface area (Å²) in [5.41, 5.74) is 12.7. The number of fused-ring (bicyclic) bond motifs is 4. The lowest BCUT2D eigenvalue weighted by atomic mass is 9.83.